The highest BCUT2D eigenvalue weighted by Gasteiger charge is 2.37. The van der Waals surface area contributed by atoms with Crippen LogP contribution in [0.15, 0.2) is 89.8 Å². The summed E-state index contributed by atoms with van der Waals surface area (Å²) in [5, 5.41) is 12.9. The van der Waals surface area contributed by atoms with E-state index < -0.39 is 5.41 Å². The number of benzene rings is 2. The molecule has 0 bridgehead atoms. The molecule has 2 aliphatic rings. The van der Waals surface area contributed by atoms with Gasteiger partial charge < -0.3 is 4.74 Å². The Kier molecular flexibility index (Phi) is 7.19. The molecular formula is C33H33N5O2. The lowest BCUT2D eigenvalue weighted by molar-refractivity contribution is 0.177. The highest BCUT2D eigenvalue weighted by Crippen LogP contribution is 2.35. The van der Waals surface area contributed by atoms with E-state index >= 15 is 0 Å². The minimum Gasteiger partial charge on any atom is -0.497 e. The van der Waals surface area contributed by atoms with Crippen LogP contribution >= 0.6 is 0 Å². The molecule has 7 nitrogen and oxygen atoms in total. The molecule has 6 rings (SSSR count). The standard InChI is InChI=1S/C33H33N5O2/c1-40-26-8-6-7-24(12-13-26)20-38-23-36-31-28-10-3-2-9-27(28)25(19-29(31)32(38)39)21-37-17-14-33(22-34,15-18-37)30-11-4-5-16-35-30/h2-5,8-13,16,19,23-24H,6-7,14-15,17-18,20-21H2,1H3. The SMILES string of the molecule is COC1=CCCC(Cn2cnc3c(cc(CN4CCC(C#N)(c5ccccn5)CC4)c4ccccc43)c2=O)C=C1. The number of hydrogen-bond acceptors (Lipinski definition) is 6. The number of hydrogen-bond donors (Lipinski definition) is 0. The summed E-state index contributed by atoms with van der Waals surface area (Å²) >= 11 is 0. The molecule has 0 spiro atoms. The number of nitrogens with zero attached hydrogens (tertiary/aromatic N) is 5. The van der Waals surface area contributed by atoms with E-state index in [0.717, 1.165) is 72.1 Å². The van der Waals surface area contributed by atoms with Crippen LogP contribution in [0.25, 0.3) is 21.7 Å². The third kappa shape index (κ3) is 4.91. The first-order valence-electron chi connectivity index (χ1n) is 14.0. The molecule has 1 saturated heterocycles. The van der Waals surface area contributed by atoms with Gasteiger partial charge in [-0.1, -0.05) is 36.4 Å². The first kappa shape index (κ1) is 26.0. The molecule has 40 heavy (non-hydrogen) atoms. The van der Waals surface area contributed by atoms with Crippen molar-refractivity contribution in [3.63, 3.8) is 0 Å². The quantitative estimate of drug-likeness (QED) is 0.306. The number of nitriles is 1. The van der Waals surface area contributed by atoms with Crippen LogP contribution in [0, 0.1) is 17.2 Å². The van der Waals surface area contributed by atoms with Crippen LogP contribution in [-0.2, 0) is 23.2 Å². The van der Waals surface area contributed by atoms with Gasteiger partial charge in [0.15, 0.2) is 0 Å². The third-order valence-electron chi connectivity index (χ3n) is 8.47. The van der Waals surface area contributed by atoms with Gasteiger partial charge in [0.1, 0.15) is 11.2 Å². The van der Waals surface area contributed by atoms with Crippen LogP contribution in [0.2, 0.25) is 0 Å². The van der Waals surface area contributed by atoms with E-state index in [1.54, 1.807) is 24.2 Å². The zero-order chi connectivity index (χ0) is 27.5. The van der Waals surface area contributed by atoms with Crippen molar-refractivity contribution in [2.24, 2.45) is 5.92 Å². The smallest absolute Gasteiger partial charge is 0.261 e. The fourth-order valence-corrected chi connectivity index (χ4v) is 6.13. The number of fused-ring (bicyclic) bond motifs is 3. The highest BCUT2D eigenvalue weighted by molar-refractivity contribution is 6.06. The number of pyridine rings is 1. The fourth-order valence-electron chi connectivity index (χ4n) is 6.13. The monoisotopic (exact) mass is 531 g/mol. The van der Waals surface area contributed by atoms with Gasteiger partial charge in [0, 0.05) is 37.8 Å². The summed E-state index contributed by atoms with van der Waals surface area (Å²) < 4.78 is 7.13. The maximum absolute atomic E-state index is 13.8. The van der Waals surface area contributed by atoms with E-state index in [0.29, 0.717) is 18.5 Å². The van der Waals surface area contributed by atoms with Gasteiger partial charge in [0.05, 0.1) is 36.1 Å². The molecule has 2 aromatic carbocycles. The van der Waals surface area contributed by atoms with Gasteiger partial charge in [-0.15, -0.1) is 0 Å². The van der Waals surface area contributed by atoms with Crippen LogP contribution in [0.4, 0.5) is 0 Å². The van der Waals surface area contributed by atoms with Crippen molar-refractivity contribution in [3.8, 4) is 6.07 Å². The lowest BCUT2D eigenvalue weighted by atomic mass is 9.76. The van der Waals surface area contributed by atoms with Crippen molar-refractivity contribution in [1.82, 2.24) is 19.4 Å². The molecule has 4 aromatic rings. The largest absolute Gasteiger partial charge is 0.497 e. The molecule has 3 heterocycles. The second-order valence-corrected chi connectivity index (χ2v) is 10.9. The first-order chi connectivity index (χ1) is 19.6. The Morgan fingerprint density at radius 3 is 2.62 bits per heavy atom. The van der Waals surface area contributed by atoms with Crippen molar-refractivity contribution in [3.05, 3.63) is 107 Å². The van der Waals surface area contributed by atoms with Crippen molar-refractivity contribution in [1.29, 1.82) is 5.26 Å². The number of aromatic nitrogens is 3. The van der Waals surface area contributed by atoms with Crippen molar-refractivity contribution < 1.29 is 4.74 Å². The van der Waals surface area contributed by atoms with E-state index in [9.17, 15) is 10.1 Å². The minimum atomic E-state index is -0.549. The number of rotatable bonds is 6. The van der Waals surface area contributed by atoms with Crippen molar-refractivity contribution in [2.75, 3.05) is 20.2 Å². The predicted octanol–water partition coefficient (Wildman–Crippen LogP) is 5.50. The lowest BCUT2D eigenvalue weighted by Gasteiger charge is -2.37. The summed E-state index contributed by atoms with van der Waals surface area (Å²) in [6.45, 7) is 2.88. The van der Waals surface area contributed by atoms with Crippen molar-refractivity contribution in [2.45, 2.75) is 44.2 Å². The van der Waals surface area contributed by atoms with E-state index in [1.807, 2.05) is 42.5 Å². The van der Waals surface area contributed by atoms with Gasteiger partial charge in [0.2, 0.25) is 0 Å². The molecule has 1 fully saturated rings. The molecule has 0 amide bonds. The molecule has 1 aliphatic carbocycles. The summed E-state index contributed by atoms with van der Waals surface area (Å²) in [5.41, 5.74) is 2.17. The Morgan fingerprint density at radius 1 is 1.07 bits per heavy atom. The van der Waals surface area contributed by atoms with Crippen LogP contribution in [0.3, 0.4) is 0 Å². The number of piperidine rings is 1. The highest BCUT2D eigenvalue weighted by atomic mass is 16.5. The molecule has 7 heteroatoms. The molecule has 2 aromatic heterocycles. The summed E-state index contributed by atoms with van der Waals surface area (Å²) in [7, 11) is 1.68. The van der Waals surface area contributed by atoms with Gasteiger partial charge in [-0.25, -0.2) is 4.98 Å². The van der Waals surface area contributed by atoms with Gasteiger partial charge in [-0.2, -0.15) is 5.26 Å². The Morgan fingerprint density at radius 2 is 1.88 bits per heavy atom. The van der Waals surface area contributed by atoms with Gasteiger partial charge in [0.25, 0.3) is 5.56 Å². The molecule has 0 radical (unpaired) electrons. The molecule has 0 N–H and O–H groups in total. The maximum atomic E-state index is 13.8. The van der Waals surface area contributed by atoms with E-state index in [2.05, 4.69) is 40.2 Å². The maximum Gasteiger partial charge on any atom is 0.261 e. The van der Waals surface area contributed by atoms with Crippen LogP contribution in [0.1, 0.15) is 36.9 Å². The van der Waals surface area contributed by atoms with Crippen LogP contribution < -0.4 is 5.56 Å². The Labute approximate surface area is 234 Å². The number of likely N-dealkylation sites (tertiary alicyclic amines) is 1. The molecule has 1 aliphatic heterocycles. The van der Waals surface area contributed by atoms with Crippen molar-refractivity contribution >= 4 is 21.7 Å². The van der Waals surface area contributed by atoms with Gasteiger partial charge in [-0.3, -0.25) is 19.2 Å². The molecule has 0 saturated carbocycles. The van der Waals surface area contributed by atoms with Gasteiger partial charge >= 0.3 is 0 Å². The van der Waals surface area contributed by atoms with Crippen LogP contribution in [-0.4, -0.2) is 39.6 Å². The number of methoxy groups -OCH3 is 1. The molecular weight excluding hydrogens is 498 g/mol. The number of ether oxygens (including phenoxy) is 1. The zero-order valence-corrected chi connectivity index (χ0v) is 22.8. The average Bonchev–Trinajstić information content (AvgIpc) is 3.25. The Balaban J connectivity index is 1.29. The minimum absolute atomic E-state index is 0.00753. The second kappa shape index (κ2) is 11.1. The van der Waals surface area contributed by atoms with E-state index in [-0.39, 0.29) is 11.5 Å². The third-order valence-corrected chi connectivity index (χ3v) is 8.47. The van der Waals surface area contributed by atoms with Crippen LogP contribution in [0.5, 0.6) is 0 Å². The second-order valence-electron chi connectivity index (χ2n) is 10.9. The number of allylic oxidation sites excluding steroid dienone is 3. The summed E-state index contributed by atoms with van der Waals surface area (Å²) in [5.74, 6) is 1.10. The Hall–Kier alpha value is -4.28. The predicted molar refractivity (Wildman–Crippen MR) is 157 cm³/mol. The fraction of sp³-hybridized carbons (Fsp3) is 0.333. The lowest BCUT2D eigenvalue weighted by Crippen LogP contribution is -2.42. The normalized spacial score (nSPS) is 19.2. The Bertz CT molecular complexity index is 1690. The topological polar surface area (TPSA) is 84.0 Å². The average molecular weight is 532 g/mol. The van der Waals surface area contributed by atoms with Gasteiger partial charge in [-0.05, 0) is 72.9 Å². The molecule has 1 unspecified atom stereocenters. The van der Waals surface area contributed by atoms with E-state index in [1.165, 1.54) is 0 Å². The van der Waals surface area contributed by atoms with E-state index in [4.69, 9.17) is 9.72 Å². The summed E-state index contributed by atoms with van der Waals surface area (Å²) in [6.07, 6.45) is 13.0. The molecule has 202 valence electrons. The zero-order valence-electron chi connectivity index (χ0n) is 22.8. The first-order valence-corrected chi connectivity index (χ1v) is 14.0. The summed E-state index contributed by atoms with van der Waals surface area (Å²) in [6, 6.07) is 18.6. The summed E-state index contributed by atoms with van der Waals surface area (Å²) in [4.78, 5) is 25.5. The molecule has 1 atom stereocenters.